The summed E-state index contributed by atoms with van der Waals surface area (Å²) in [6.07, 6.45) is 0. The maximum atomic E-state index is 4.17. The summed E-state index contributed by atoms with van der Waals surface area (Å²) in [4.78, 5) is 1.26. The zero-order chi connectivity index (χ0) is 13.8. The van der Waals surface area contributed by atoms with Crippen molar-refractivity contribution in [1.29, 1.82) is 0 Å². The highest BCUT2D eigenvalue weighted by Gasteiger charge is 2.06. The molecule has 0 aliphatic heterocycles. The van der Waals surface area contributed by atoms with Gasteiger partial charge in [0.25, 0.3) is 0 Å². The van der Waals surface area contributed by atoms with Crippen molar-refractivity contribution in [2.24, 2.45) is 7.05 Å². The van der Waals surface area contributed by atoms with Gasteiger partial charge in [-0.25, -0.2) is 0 Å². The molecule has 0 radical (unpaired) electrons. The molecule has 1 heterocycles. The van der Waals surface area contributed by atoms with E-state index in [1.54, 1.807) is 11.8 Å². The number of hydrogen-bond acceptors (Lipinski definition) is 4. The zero-order valence-electron chi connectivity index (χ0n) is 11.8. The Morgan fingerprint density at radius 3 is 2.47 bits per heavy atom. The van der Waals surface area contributed by atoms with Crippen LogP contribution < -0.4 is 5.32 Å². The maximum Gasteiger partial charge on any atom is 0.143 e. The van der Waals surface area contributed by atoms with Crippen LogP contribution in [0, 0.1) is 6.92 Å². The average Bonchev–Trinajstić information content (AvgIpc) is 2.76. The fourth-order valence-corrected chi connectivity index (χ4v) is 2.62. The van der Waals surface area contributed by atoms with E-state index in [-0.39, 0.29) is 0 Å². The summed E-state index contributed by atoms with van der Waals surface area (Å²) in [7, 11) is 3.98. The molecular weight excluding hydrogens is 256 g/mol. The van der Waals surface area contributed by atoms with E-state index in [4.69, 9.17) is 0 Å². The van der Waals surface area contributed by atoms with Gasteiger partial charge in [-0.15, -0.1) is 22.0 Å². The standard InChI is InChI=1S/C14H20N4S/c1-10(15-3)12-5-7-13(8-6-12)19-9-14-17-16-11(2)18(14)4/h5-8,10,15H,9H2,1-4H3. The second-order valence-electron chi connectivity index (χ2n) is 4.59. The van der Waals surface area contributed by atoms with E-state index >= 15 is 0 Å². The smallest absolute Gasteiger partial charge is 0.143 e. The molecule has 0 aliphatic carbocycles. The molecule has 1 unspecified atom stereocenters. The van der Waals surface area contributed by atoms with E-state index in [0.717, 1.165) is 17.4 Å². The van der Waals surface area contributed by atoms with E-state index in [9.17, 15) is 0 Å². The molecule has 1 aromatic heterocycles. The lowest BCUT2D eigenvalue weighted by molar-refractivity contribution is 0.652. The summed E-state index contributed by atoms with van der Waals surface area (Å²) >= 11 is 1.79. The molecule has 1 N–H and O–H groups in total. The molecule has 2 rings (SSSR count). The molecule has 0 fully saturated rings. The number of aromatic nitrogens is 3. The van der Waals surface area contributed by atoms with E-state index in [0.29, 0.717) is 6.04 Å². The predicted octanol–water partition coefficient (Wildman–Crippen LogP) is 2.70. The van der Waals surface area contributed by atoms with Gasteiger partial charge < -0.3 is 9.88 Å². The first-order valence-corrected chi connectivity index (χ1v) is 7.35. The molecular formula is C14H20N4S. The van der Waals surface area contributed by atoms with Crippen molar-refractivity contribution in [3.05, 3.63) is 41.5 Å². The molecule has 0 saturated heterocycles. The van der Waals surface area contributed by atoms with E-state index in [2.05, 4.69) is 46.7 Å². The van der Waals surface area contributed by atoms with Gasteiger partial charge in [0.1, 0.15) is 11.6 Å². The van der Waals surface area contributed by atoms with Crippen LogP contribution in [0.25, 0.3) is 0 Å². The monoisotopic (exact) mass is 276 g/mol. The Kier molecular flexibility index (Phi) is 4.61. The van der Waals surface area contributed by atoms with Crippen LogP contribution in [0.2, 0.25) is 0 Å². The van der Waals surface area contributed by atoms with Gasteiger partial charge in [-0.2, -0.15) is 0 Å². The third-order valence-electron chi connectivity index (χ3n) is 3.36. The van der Waals surface area contributed by atoms with Crippen molar-refractivity contribution in [1.82, 2.24) is 20.1 Å². The van der Waals surface area contributed by atoms with Crippen molar-refractivity contribution >= 4 is 11.8 Å². The van der Waals surface area contributed by atoms with Crippen LogP contribution in [0.5, 0.6) is 0 Å². The van der Waals surface area contributed by atoms with Crippen molar-refractivity contribution in [2.45, 2.75) is 30.5 Å². The number of benzene rings is 1. The quantitative estimate of drug-likeness (QED) is 0.853. The number of aryl methyl sites for hydroxylation is 1. The molecule has 0 bridgehead atoms. The molecule has 2 aromatic rings. The normalized spacial score (nSPS) is 12.6. The summed E-state index contributed by atoms with van der Waals surface area (Å²) in [5, 5.41) is 11.5. The van der Waals surface area contributed by atoms with Crippen LogP contribution in [0.15, 0.2) is 29.2 Å². The lowest BCUT2D eigenvalue weighted by Crippen LogP contribution is -2.11. The van der Waals surface area contributed by atoms with E-state index in [1.165, 1.54) is 10.5 Å². The van der Waals surface area contributed by atoms with Crippen molar-refractivity contribution in [3.8, 4) is 0 Å². The fraction of sp³-hybridized carbons (Fsp3) is 0.429. The minimum absolute atomic E-state index is 0.389. The third-order valence-corrected chi connectivity index (χ3v) is 4.37. The topological polar surface area (TPSA) is 42.7 Å². The van der Waals surface area contributed by atoms with Crippen LogP contribution in [-0.2, 0) is 12.8 Å². The Morgan fingerprint density at radius 1 is 1.26 bits per heavy atom. The second-order valence-corrected chi connectivity index (χ2v) is 5.64. The number of nitrogens with zero attached hydrogens (tertiary/aromatic N) is 3. The third kappa shape index (κ3) is 3.36. The average molecular weight is 276 g/mol. The molecule has 0 saturated carbocycles. The lowest BCUT2D eigenvalue weighted by Gasteiger charge is -2.10. The van der Waals surface area contributed by atoms with Gasteiger partial charge in [0, 0.05) is 18.0 Å². The van der Waals surface area contributed by atoms with Crippen molar-refractivity contribution < 1.29 is 0 Å². The first kappa shape index (κ1) is 14.1. The fourth-order valence-electron chi connectivity index (χ4n) is 1.74. The summed E-state index contributed by atoms with van der Waals surface area (Å²) in [6, 6.07) is 9.06. The molecule has 0 aliphatic rings. The first-order chi connectivity index (χ1) is 9.11. The molecule has 19 heavy (non-hydrogen) atoms. The van der Waals surface area contributed by atoms with Crippen LogP contribution in [-0.4, -0.2) is 21.8 Å². The molecule has 102 valence electrons. The van der Waals surface area contributed by atoms with Gasteiger partial charge in [-0.05, 0) is 38.6 Å². The maximum absolute atomic E-state index is 4.17. The number of nitrogens with one attached hydrogen (secondary N) is 1. The molecule has 1 atom stereocenters. The van der Waals surface area contributed by atoms with Gasteiger partial charge in [0.2, 0.25) is 0 Å². The Hall–Kier alpha value is -1.33. The Balaban J connectivity index is 1.98. The largest absolute Gasteiger partial charge is 0.318 e. The van der Waals surface area contributed by atoms with Gasteiger partial charge >= 0.3 is 0 Å². The summed E-state index contributed by atoms with van der Waals surface area (Å²) in [5.41, 5.74) is 1.31. The highest BCUT2D eigenvalue weighted by molar-refractivity contribution is 7.98. The van der Waals surface area contributed by atoms with Gasteiger partial charge in [0.15, 0.2) is 0 Å². The van der Waals surface area contributed by atoms with Gasteiger partial charge in [-0.3, -0.25) is 0 Å². The van der Waals surface area contributed by atoms with E-state index in [1.807, 2.05) is 25.6 Å². The van der Waals surface area contributed by atoms with Crippen molar-refractivity contribution in [3.63, 3.8) is 0 Å². The lowest BCUT2D eigenvalue weighted by atomic mass is 10.1. The second kappa shape index (κ2) is 6.21. The highest BCUT2D eigenvalue weighted by atomic mass is 32.2. The number of thioether (sulfide) groups is 1. The van der Waals surface area contributed by atoms with Crippen LogP contribution in [0.3, 0.4) is 0 Å². The summed E-state index contributed by atoms with van der Waals surface area (Å²) < 4.78 is 2.03. The Bertz CT molecular complexity index is 533. The summed E-state index contributed by atoms with van der Waals surface area (Å²) in [5.74, 6) is 2.81. The summed E-state index contributed by atoms with van der Waals surface area (Å²) in [6.45, 7) is 4.12. The van der Waals surface area contributed by atoms with Crippen molar-refractivity contribution in [2.75, 3.05) is 7.05 Å². The predicted molar refractivity (Wildman–Crippen MR) is 79.2 cm³/mol. The van der Waals surface area contributed by atoms with Crippen LogP contribution >= 0.6 is 11.8 Å². The molecule has 5 heteroatoms. The molecule has 4 nitrogen and oxygen atoms in total. The number of hydrogen-bond donors (Lipinski definition) is 1. The minimum atomic E-state index is 0.389. The molecule has 0 amide bonds. The minimum Gasteiger partial charge on any atom is -0.318 e. The Morgan fingerprint density at radius 2 is 1.95 bits per heavy atom. The molecule has 1 aromatic carbocycles. The van der Waals surface area contributed by atoms with Gasteiger partial charge in [0.05, 0.1) is 5.75 Å². The zero-order valence-corrected chi connectivity index (χ0v) is 12.7. The number of rotatable bonds is 5. The molecule has 0 spiro atoms. The SMILES string of the molecule is CNC(C)c1ccc(SCc2nnc(C)n2C)cc1. The van der Waals surface area contributed by atoms with Crippen LogP contribution in [0.1, 0.15) is 30.2 Å². The van der Waals surface area contributed by atoms with Crippen LogP contribution in [0.4, 0.5) is 0 Å². The first-order valence-electron chi connectivity index (χ1n) is 6.36. The Labute approximate surface area is 118 Å². The van der Waals surface area contributed by atoms with E-state index < -0.39 is 0 Å². The van der Waals surface area contributed by atoms with Gasteiger partial charge in [-0.1, -0.05) is 12.1 Å². The highest BCUT2D eigenvalue weighted by Crippen LogP contribution is 2.23.